The van der Waals surface area contributed by atoms with E-state index in [1.165, 1.54) is 0 Å². The Morgan fingerprint density at radius 3 is 2.58 bits per heavy atom. The summed E-state index contributed by atoms with van der Waals surface area (Å²) >= 11 is 0. The molecule has 0 aliphatic heterocycles. The van der Waals surface area contributed by atoms with Crippen LogP contribution in [0.25, 0.3) is 0 Å². The highest BCUT2D eigenvalue weighted by Gasteiger charge is 2.53. The first-order valence-electron chi connectivity index (χ1n) is 6.75. The van der Waals surface area contributed by atoms with Crippen molar-refractivity contribution in [2.75, 3.05) is 0 Å². The van der Waals surface area contributed by atoms with E-state index in [0.29, 0.717) is 25.7 Å². The topological polar surface area (TPSA) is 77.8 Å². The summed E-state index contributed by atoms with van der Waals surface area (Å²) in [6, 6.07) is 0. The first-order valence-corrected chi connectivity index (χ1v) is 6.75. The third-order valence-corrected chi connectivity index (χ3v) is 5.12. The molecule has 3 N–H and O–H groups in total. The highest BCUT2D eigenvalue weighted by molar-refractivity contribution is 5.86. The average Bonchev–Trinajstić information content (AvgIpc) is 2.33. The number of aliphatic hydroxyl groups excluding tert-OH is 2. The zero-order chi connectivity index (χ0) is 14.4. The van der Waals surface area contributed by atoms with Crippen molar-refractivity contribution in [1.82, 2.24) is 0 Å². The molecule has 2 rings (SSSR count). The molecule has 2 fully saturated rings. The Kier molecular flexibility index (Phi) is 3.58. The Morgan fingerprint density at radius 1 is 1.37 bits per heavy atom. The van der Waals surface area contributed by atoms with Gasteiger partial charge in [-0.05, 0) is 25.7 Å². The number of hydrogen-bond donors (Lipinski definition) is 3. The van der Waals surface area contributed by atoms with Gasteiger partial charge in [0.25, 0.3) is 0 Å². The Hall–Kier alpha value is -1.13. The fourth-order valence-electron chi connectivity index (χ4n) is 3.84. The predicted molar refractivity (Wildman–Crippen MR) is 71.5 cm³/mol. The van der Waals surface area contributed by atoms with E-state index in [4.69, 9.17) is 5.11 Å². The second kappa shape index (κ2) is 4.76. The molecule has 0 aromatic heterocycles. The quantitative estimate of drug-likeness (QED) is 0.525. The summed E-state index contributed by atoms with van der Waals surface area (Å²) in [5.74, 6) is -1.75. The molecule has 5 atom stereocenters. The van der Waals surface area contributed by atoms with Crippen molar-refractivity contribution in [3.05, 3.63) is 24.3 Å². The molecule has 0 unspecified atom stereocenters. The van der Waals surface area contributed by atoms with Crippen molar-refractivity contribution in [3.8, 4) is 0 Å². The summed E-state index contributed by atoms with van der Waals surface area (Å²) in [7, 11) is 0. The number of carboxylic acids is 1. The Bertz CT molecular complexity index is 428. The van der Waals surface area contributed by atoms with Crippen LogP contribution in [0.3, 0.4) is 0 Å². The van der Waals surface area contributed by atoms with E-state index >= 15 is 0 Å². The number of carboxylic acid groups (broad SMARTS) is 1. The minimum atomic E-state index is -1.06. The summed E-state index contributed by atoms with van der Waals surface area (Å²) in [6.45, 7) is 9.57. The molecule has 19 heavy (non-hydrogen) atoms. The molecule has 0 aromatic rings. The van der Waals surface area contributed by atoms with E-state index in [9.17, 15) is 15.0 Å². The number of carbonyl (C=O) groups is 1. The van der Waals surface area contributed by atoms with Crippen LogP contribution in [-0.4, -0.2) is 33.5 Å². The van der Waals surface area contributed by atoms with Gasteiger partial charge in [-0.3, -0.25) is 0 Å². The third-order valence-electron chi connectivity index (χ3n) is 5.12. The van der Waals surface area contributed by atoms with Crippen LogP contribution >= 0.6 is 0 Å². The van der Waals surface area contributed by atoms with Crippen LogP contribution in [0.5, 0.6) is 0 Å². The van der Waals surface area contributed by atoms with Gasteiger partial charge in [-0.1, -0.05) is 25.7 Å². The lowest BCUT2D eigenvalue weighted by atomic mass is 9.54. The molecule has 0 heterocycles. The molecule has 0 spiro atoms. The lowest BCUT2D eigenvalue weighted by Crippen LogP contribution is -2.54. The monoisotopic (exact) mass is 266 g/mol. The standard InChI is InChI=1S/C15H22O4/c1-8-4-5-11(16)15(3)7-6-10(9(2)14(18)19)13(17)12(8)15/h10-13,16-17H,1-2,4-7H2,3H3,(H,18,19)/t10-,11+,12+,13-,15-/m0/s1. The molecule has 2 aliphatic rings. The number of aliphatic hydroxyl groups is 2. The summed E-state index contributed by atoms with van der Waals surface area (Å²) in [5.41, 5.74) is 0.579. The van der Waals surface area contributed by atoms with Crippen LogP contribution in [0, 0.1) is 17.3 Å². The van der Waals surface area contributed by atoms with Gasteiger partial charge in [0, 0.05) is 22.8 Å². The molecule has 0 aromatic carbocycles. The van der Waals surface area contributed by atoms with Gasteiger partial charge < -0.3 is 15.3 Å². The largest absolute Gasteiger partial charge is 0.478 e. The molecule has 2 aliphatic carbocycles. The second-order valence-corrected chi connectivity index (χ2v) is 6.16. The van der Waals surface area contributed by atoms with Gasteiger partial charge in [0.15, 0.2) is 0 Å². The van der Waals surface area contributed by atoms with E-state index in [-0.39, 0.29) is 11.5 Å². The van der Waals surface area contributed by atoms with Crippen molar-refractivity contribution >= 4 is 5.97 Å². The molecule has 4 nitrogen and oxygen atoms in total. The number of aliphatic carboxylic acids is 1. The minimum absolute atomic E-state index is 0.0578. The van der Waals surface area contributed by atoms with Gasteiger partial charge in [0.2, 0.25) is 0 Å². The maximum Gasteiger partial charge on any atom is 0.331 e. The summed E-state index contributed by atoms with van der Waals surface area (Å²) in [4.78, 5) is 11.0. The maximum atomic E-state index is 11.0. The van der Waals surface area contributed by atoms with Crippen LogP contribution in [0.4, 0.5) is 0 Å². The van der Waals surface area contributed by atoms with Crippen LogP contribution in [0.15, 0.2) is 24.3 Å². The second-order valence-electron chi connectivity index (χ2n) is 6.16. The molecule has 0 radical (unpaired) electrons. The van der Waals surface area contributed by atoms with Gasteiger partial charge in [0.1, 0.15) is 0 Å². The van der Waals surface area contributed by atoms with Crippen molar-refractivity contribution in [1.29, 1.82) is 0 Å². The Morgan fingerprint density at radius 2 is 2.00 bits per heavy atom. The van der Waals surface area contributed by atoms with Crippen LogP contribution in [-0.2, 0) is 4.79 Å². The fourth-order valence-corrected chi connectivity index (χ4v) is 3.84. The molecule has 4 heteroatoms. The lowest BCUT2D eigenvalue weighted by molar-refractivity contribution is -0.137. The smallest absolute Gasteiger partial charge is 0.331 e. The number of rotatable bonds is 2. The van der Waals surface area contributed by atoms with E-state index in [1.807, 2.05) is 6.92 Å². The maximum absolute atomic E-state index is 11.0. The first kappa shape index (κ1) is 14.3. The molecule has 0 bridgehead atoms. The zero-order valence-electron chi connectivity index (χ0n) is 11.3. The zero-order valence-corrected chi connectivity index (χ0v) is 11.3. The molecule has 0 amide bonds. The first-order chi connectivity index (χ1) is 8.79. The number of hydrogen-bond acceptors (Lipinski definition) is 3. The van der Waals surface area contributed by atoms with Gasteiger partial charge in [0.05, 0.1) is 12.2 Å². The summed E-state index contributed by atoms with van der Waals surface area (Å²) in [6.07, 6.45) is 1.31. The van der Waals surface area contributed by atoms with Gasteiger partial charge in [-0.25, -0.2) is 4.79 Å². The van der Waals surface area contributed by atoms with Gasteiger partial charge >= 0.3 is 5.97 Å². The van der Waals surface area contributed by atoms with Gasteiger partial charge in [-0.2, -0.15) is 0 Å². The molecule has 2 saturated carbocycles. The predicted octanol–water partition coefficient (Wildman–Crippen LogP) is 1.73. The fraction of sp³-hybridized carbons (Fsp3) is 0.667. The van der Waals surface area contributed by atoms with Crippen molar-refractivity contribution < 1.29 is 20.1 Å². The van der Waals surface area contributed by atoms with Crippen LogP contribution in [0.1, 0.15) is 32.6 Å². The number of fused-ring (bicyclic) bond motifs is 1. The van der Waals surface area contributed by atoms with Crippen LogP contribution in [0.2, 0.25) is 0 Å². The van der Waals surface area contributed by atoms with Crippen molar-refractivity contribution in [3.63, 3.8) is 0 Å². The van der Waals surface area contributed by atoms with Crippen LogP contribution < -0.4 is 0 Å². The van der Waals surface area contributed by atoms with Crippen molar-refractivity contribution in [2.24, 2.45) is 17.3 Å². The summed E-state index contributed by atoms with van der Waals surface area (Å²) in [5, 5.41) is 29.8. The average molecular weight is 266 g/mol. The van der Waals surface area contributed by atoms with E-state index < -0.39 is 29.5 Å². The highest BCUT2D eigenvalue weighted by Crippen LogP contribution is 2.54. The minimum Gasteiger partial charge on any atom is -0.478 e. The highest BCUT2D eigenvalue weighted by atomic mass is 16.4. The SMILES string of the molecule is C=C1CC[C@@H](O)[C@]2(C)CC[C@@H](C(=C)C(=O)O)[C@H](O)[C@@H]12. The van der Waals surface area contributed by atoms with Gasteiger partial charge in [-0.15, -0.1) is 0 Å². The van der Waals surface area contributed by atoms with Crippen molar-refractivity contribution in [2.45, 2.75) is 44.8 Å². The van der Waals surface area contributed by atoms with E-state index in [0.717, 1.165) is 5.57 Å². The van der Waals surface area contributed by atoms with E-state index in [1.54, 1.807) is 0 Å². The molecular formula is C15H22O4. The Balaban J connectivity index is 2.31. The molecule has 106 valence electrons. The molecular weight excluding hydrogens is 244 g/mol. The normalized spacial score (nSPS) is 42.6. The Labute approximate surface area is 113 Å². The molecule has 0 saturated heterocycles. The lowest BCUT2D eigenvalue weighted by Gasteiger charge is -2.53. The summed E-state index contributed by atoms with van der Waals surface area (Å²) < 4.78 is 0. The third kappa shape index (κ3) is 2.13. The van der Waals surface area contributed by atoms with E-state index in [2.05, 4.69) is 13.2 Å².